The van der Waals surface area contributed by atoms with E-state index in [0.717, 1.165) is 13.1 Å². The lowest BCUT2D eigenvalue weighted by Crippen LogP contribution is -2.24. The van der Waals surface area contributed by atoms with Crippen LogP contribution in [0.3, 0.4) is 0 Å². The normalized spacial score (nSPS) is 10.1. The number of ether oxygens (including phenoxy) is 1. The summed E-state index contributed by atoms with van der Waals surface area (Å²) in [5.41, 5.74) is 1.02. The highest BCUT2D eigenvalue weighted by atomic mass is 16.5. The molecule has 0 spiro atoms. The van der Waals surface area contributed by atoms with Crippen molar-refractivity contribution in [3.63, 3.8) is 0 Å². The molecule has 0 saturated heterocycles. The molecule has 1 amide bonds. The van der Waals surface area contributed by atoms with E-state index in [-0.39, 0.29) is 5.91 Å². The van der Waals surface area contributed by atoms with Crippen LogP contribution in [0.15, 0.2) is 36.7 Å². The Labute approximate surface area is 130 Å². The molecule has 1 N–H and O–H groups in total. The molecule has 6 nitrogen and oxygen atoms in total. The lowest BCUT2D eigenvalue weighted by atomic mass is 10.2. The van der Waals surface area contributed by atoms with Crippen molar-refractivity contribution in [1.82, 2.24) is 9.97 Å². The minimum atomic E-state index is -0.268. The maximum atomic E-state index is 12.2. The SMILES string of the molecule is CCN(CC)c1ncc(C(=O)Nc2ccccc2OC)cn1. The van der Waals surface area contributed by atoms with E-state index >= 15 is 0 Å². The third kappa shape index (κ3) is 3.52. The number of nitrogens with zero attached hydrogens (tertiary/aromatic N) is 3. The summed E-state index contributed by atoms with van der Waals surface area (Å²) in [4.78, 5) is 22.8. The van der Waals surface area contributed by atoms with E-state index in [0.29, 0.717) is 22.9 Å². The van der Waals surface area contributed by atoms with Crippen LogP contribution in [0.25, 0.3) is 0 Å². The number of hydrogen-bond donors (Lipinski definition) is 1. The molecule has 0 radical (unpaired) electrons. The van der Waals surface area contributed by atoms with E-state index in [9.17, 15) is 4.79 Å². The third-order valence-corrected chi connectivity index (χ3v) is 3.30. The molecular formula is C16H20N4O2. The fraction of sp³-hybridized carbons (Fsp3) is 0.312. The average Bonchev–Trinajstić information content (AvgIpc) is 2.57. The Kier molecular flexibility index (Phi) is 5.30. The first-order valence-corrected chi connectivity index (χ1v) is 7.21. The zero-order chi connectivity index (χ0) is 15.9. The second-order valence-electron chi connectivity index (χ2n) is 4.60. The molecule has 0 aliphatic rings. The molecule has 1 aromatic heterocycles. The van der Waals surface area contributed by atoms with Gasteiger partial charge in [-0.15, -0.1) is 0 Å². The molecule has 0 saturated carbocycles. The molecule has 0 bridgehead atoms. The first-order valence-electron chi connectivity index (χ1n) is 7.21. The summed E-state index contributed by atoms with van der Waals surface area (Å²) in [5, 5.41) is 2.80. The third-order valence-electron chi connectivity index (χ3n) is 3.30. The number of hydrogen-bond acceptors (Lipinski definition) is 5. The summed E-state index contributed by atoms with van der Waals surface area (Å²) in [5.74, 6) is 0.964. The van der Waals surface area contributed by atoms with Crippen LogP contribution in [0.4, 0.5) is 11.6 Å². The van der Waals surface area contributed by atoms with Crippen molar-refractivity contribution in [1.29, 1.82) is 0 Å². The molecule has 22 heavy (non-hydrogen) atoms. The predicted molar refractivity (Wildman–Crippen MR) is 86.5 cm³/mol. The summed E-state index contributed by atoms with van der Waals surface area (Å²) in [6, 6.07) is 7.24. The number of para-hydroxylation sites is 2. The number of amides is 1. The van der Waals surface area contributed by atoms with E-state index < -0.39 is 0 Å². The van der Waals surface area contributed by atoms with E-state index in [1.807, 2.05) is 30.9 Å². The molecule has 0 fully saturated rings. The van der Waals surface area contributed by atoms with E-state index in [1.165, 1.54) is 12.4 Å². The summed E-state index contributed by atoms with van der Waals surface area (Å²) >= 11 is 0. The van der Waals surface area contributed by atoms with Crippen molar-refractivity contribution in [2.75, 3.05) is 30.4 Å². The van der Waals surface area contributed by atoms with Gasteiger partial charge in [0.15, 0.2) is 0 Å². The number of methoxy groups -OCH3 is 1. The van der Waals surface area contributed by atoms with Gasteiger partial charge < -0.3 is 15.0 Å². The van der Waals surface area contributed by atoms with Crippen LogP contribution in [-0.2, 0) is 0 Å². The van der Waals surface area contributed by atoms with Crippen LogP contribution in [0.2, 0.25) is 0 Å². The van der Waals surface area contributed by atoms with Gasteiger partial charge in [0.1, 0.15) is 5.75 Å². The summed E-state index contributed by atoms with van der Waals surface area (Å²) in [6.07, 6.45) is 3.07. The van der Waals surface area contributed by atoms with E-state index in [2.05, 4.69) is 15.3 Å². The Balaban J connectivity index is 2.13. The Bertz CT molecular complexity index is 624. The summed E-state index contributed by atoms with van der Waals surface area (Å²) in [7, 11) is 1.56. The lowest BCUT2D eigenvalue weighted by molar-refractivity contribution is 0.102. The Morgan fingerprint density at radius 2 is 1.82 bits per heavy atom. The van der Waals surface area contributed by atoms with Gasteiger partial charge in [-0.3, -0.25) is 4.79 Å². The van der Waals surface area contributed by atoms with Gasteiger partial charge in [0.2, 0.25) is 5.95 Å². The largest absolute Gasteiger partial charge is 0.495 e. The van der Waals surface area contributed by atoms with Gasteiger partial charge in [-0.1, -0.05) is 12.1 Å². The number of carbonyl (C=O) groups is 1. The summed E-state index contributed by atoms with van der Waals surface area (Å²) < 4.78 is 5.21. The minimum Gasteiger partial charge on any atom is -0.495 e. The number of rotatable bonds is 6. The van der Waals surface area contributed by atoms with Crippen LogP contribution in [0.1, 0.15) is 24.2 Å². The number of anilines is 2. The van der Waals surface area contributed by atoms with Crippen molar-refractivity contribution >= 4 is 17.5 Å². The zero-order valence-electron chi connectivity index (χ0n) is 13.0. The van der Waals surface area contributed by atoms with Crippen LogP contribution >= 0.6 is 0 Å². The van der Waals surface area contributed by atoms with Gasteiger partial charge in [0.05, 0.1) is 18.4 Å². The van der Waals surface area contributed by atoms with Gasteiger partial charge >= 0.3 is 0 Å². The van der Waals surface area contributed by atoms with Crippen molar-refractivity contribution in [2.45, 2.75) is 13.8 Å². The fourth-order valence-electron chi connectivity index (χ4n) is 2.05. The Morgan fingerprint density at radius 3 is 2.41 bits per heavy atom. The number of aromatic nitrogens is 2. The molecule has 2 aromatic rings. The highest BCUT2D eigenvalue weighted by Gasteiger charge is 2.11. The first-order chi connectivity index (χ1) is 10.7. The van der Waals surface area contributed by atoms with E-state index in [4.69, 9.17) is 4.74 Å². The number of nitrogens with one attached hydrogen (secondary N) is 1. The van der Waals surface area contributed by atoms with Crippen molar-refractivity contribution < 1.29 is 9.53 Å². The van der Waals surface area contributed by atoms with Gasteiger partial charge in [0.25, 0.3) is 5.91 Å². The van der Waals surface area contributed by atoms with Crippen LogP contribution < -0.4 is 15.0 Å². The molecule has 0 aliphatic carbocycles. The van der Waals surface area contributed by atoms with Crippen molar-refractivity contribution in [3.8, 4) is 5.75 Å². The van der Waals surface area contributed by atoms with Gasteiger partial charge in [-0.05, 0) is 26.0 Å². The Hall–Kier alpha value is -2.63. The second kappa shape index (κ2) is 7.40. The Morgan fingerprint density at radius 1 is 1.18 bits per heavy atom. The molecule has 1 heterocycles. The number of carbonyl (C=O) groups excluding carboxylic acids is 1. The highest BCUT2D eigenvalue weighted by Crippen LogP contribution is 2.23. The first kappa shape index (κ1) is 15.8. The van der Waals surface area contributed by atoms with Crippen molar-refractivity contribution in [2.24, 2.45) is 0 Å². The standard InChI is InChI=1S/C16H20N4O2/c1-4-20(5-2)16-17-10-12(11-18-16)15(21)19-13-8-6-7-9-14(13)22-3/h6-11H,4-5H2,1-3H3,(H,19,21). The minimum absolute atomic E-state index is 0.268. The van der Waals surface area contributed by atoms with Gasteiger partial charge in [0, 0.05) is 25.5 Å². The topological polar surface area (TPSA) is 67.4 Å². The highest BCUT2D eigenvalue weighted by molar-refractivity contribution is 6.04. The molecule has 116 valence electrons. The second-order valence-corrected chi connectivity index (χ2v) is 4.60. The van der Waals surface area contributed by atoms with Crippen LogP contribution in [0.5, 0.6) is 5.75 Å². The molecular weight excluding hydrogens is 280 g/mol. The molecule has 2 rings (SSSR count). The predicted octanol–water partition coefficient (Wildman–Crippen LogP) is 2.58. The fourth-order valence-corrected chi connectivity index (χ4v) is 2.05. The summed E-state index contributed by atoms with van der Waals surface area (Å²) in [6.45, 7) is 5.72. The quantitative estimate of drug-likeness (QED) is 0.888. The smallest absolute Gasteiger partial charge is 0.258 e. The number of benzene rings is 1. The molecule has 6 heteroatoms. The van der Waals surface area contributed by atoms with Gasteiger partial charge in [-0.2, -0.15) is 0 Å². The van der Waals surface area contributed by atoms with Crippen molar-refractivity contribution in [3.05, 3.63) is 42.2 Å². The molecule has 0 aliphatic heterocycles. The lowest BCUT2D eigenvalue weighted by Gasteiger charge is -2.18. The van der Waals surface area contributed by atoms with Crippen LogP contribution in [0, 0.1) is 0 Å². The maximum absolute atomic E-state index is 12.2. The van der Waals surface area contributed by atoms with Crippen LogP contribution in [-0.4, -0.2) is 36.1 Å². The van der Waals surface area contributed by atoms with E-state index in [1.54, 1.807) is 19.2 Å². The van der Waals surface area contributed by atoms with Gasteiger partial charge in [-0.25, -0.2) is 9.97 Å². The average molecular weight is 300 g/mol. The monoisotopic (exact) mass is 300 g/mol. The zero-order valence-corrected chi connectivity index (χ0v) is 13.0. The molecule has 0 unspecified atom stereocenters. The maximum Gasteiger partial charge on any atom is 0.258 e. The molecule has 1 aromatic carbocycles. The molecule has 0 atom stereocenters.